The lowest BCUT2D eigenvalue weighted by Crippen LogP contribution is -2.10. The van der Waals surface area contributed by atoms with Crippen LogP contribution in [0.5, 0.6) is 11.5 Å². The minimum absolute atomic E-state index is 0.520. The number of halogens is 1. The standard InChI is InChI=1S/C13H18BrNO2/c1-8-6-10(14)12(16-2)13(17-3)11(8)9-4-5-15-7-9/h6,9,15H,4-5,7H2,1-3H3. The summed E-state index contributed by atoms with van der Waals surface area (Å²) >= 11 is 3.52. The van der Waals surface area contributed by atoms with Gasteiger partial charge in [0.05, 0.1) is 18.7 Å². The second kappa shape index (κ2) is 5.27. The van der Waals surface area contributed by atoms with Crippen LogP contribution in [0.25, 0.3) is 0 Å². The maximum absolute atomic E-state index is 5.56. The van der Waals surface area contributed by atoms with Gasteiger partial charge in [-0.3, -0.25) is 0 Å². The van der Waals surface area contributed by atoms with Crippen molar-refractivity contribution in [3.05, 3.63) is 21.7 Å². The Kier molecular flexibility index (Phi) is 3.94. The summed E-state index contributed by atoms with van der Waals surface area (Å²) < 4.78 is 11.9. The maximum Gasteiger partial charge on any atom is 0.175 e. The van der Waals surface area contributed by atoms with Crippen molar-refractivity contribution in [1.82, 2.24) is 5.32 Å². The highest BCUT2D eigenvalue weighted by Gasteiger charge is 2.25. The Morgan fingerprint density at radius 3 is 2.53 bits per heavy atom. The molecule has 1 fully saturated rings. The summed E-state index contributed by atoms with van der Waals surface area (Å²) in [5.41, 5.74) is 2.53. The highest BCUT2D eigenvalue weighted by atomic mass is 79.9. The molecule has 1 heterocycles. The van der Waals surface area contributed by atoms with E-state index in [1.165, 1.54) is 11.1 Å². The Morgan fingerprint density at radius 2 is 2.00 bits per heavy atom. The van der Waals surface area contributed by atoms with Crippen LogP contribution in [0.2, 0.25) is 0 Å². The van der Waals surface area contributed by atoms with E-state index < -0.39 is 0 Å². The van der Waals surface area contributed by atoms with Crippen molar-refractivity contribution in [2.75, 3.05) is 27.3 Å². The van der Waals surface area contributed by atoms with Crippen LogP contribution < -0.4 is 14.8 Å². The predicted molar refractivity (Wildman–Crippen MR) is 72.2 cm³/mol. The Labute approximate surface area is 111 Å². The van der Waals surface area contributed by atoms with E-state index in [-0.39, 0.29) is 0 Å². The van der Waals surface area contributed by atoms with Gasteiger partial charge in [0, 0.05) is 18.0 Å². The summed E-state index contributed by atoms with van der Waals surface area (Å²) in [6, 6.07) is 2.11. The minimum atomic E-state index is 0.520. The van der Waals surface area contributed by atoms with Gasteiger partial charge in [-0.25, -0.2) is 0 Å². The zero-order chi connectivity index (χ0) is 12.4. The first-order valence-corrected chi connectivity index (χ1v) is 6.60. The van der Waals surface area contributed by atoms with E-state index in [0.717, 1.165) is 35.5 Å². The molecule has 17 heavy (non-hydrogen) atoms. The largest absolute Gasteiger partial charge is 0.493 e. The first kappa shape index (κ1) is 12.7. The van der Waals surface area contributed by atoms with Crippen LogP contribution in [0.4, 0.5) is 0 Å². The van der Waals surface area contributed by atoms with Crippen molar-refractivity contribution >= 4 is 15.9 Å². The highest BCUT2D eigenvalue weighted by molar-refractivity contribution is 9.10. The molecular weight excluding hydrogens is 282 g/mol. The Balaban J connectivity index is 2.55. The highest BCUT2D eigenvalue weighted by Crippen LogP contribution is 2.44. The molecule has 3 nitrogen and oxygen atoms in total. The quantitative estimate of drug-likeness (QED) is 0.931. The van der Waals surface area contributed by atoms with Crippen molar-refractivity contribution in [1.29, 1.82) is 0 Å². The molecular formula is C13H18BrNO2. The van der Waals surface area contributed by atoms with Gasteiger partial charge in [0.15, 0.2) is 11.5 Å². The molecule has 1 saturated heterocycles. The molecule has 1 aliphatic rings. The topological polar surface area (TPSA) is 30.5 Å². The fourth-order valence-electron chi connectivity index (χ4n) is 2.54. The zero-order valence-electron chi connectivity index (χ0n) is 10.5. The number of benzene rings is 1. The van der Waals surface area contributed by atoms with Crippen LogP contribution >= 0.6 is 15.9 Å². The Hall–Kier alpha value is -0.740. The van der Waals surface area contributed by atoms with Gasteiger partial charge < -0.3 is 14.8 Å². The molecule has 1 aromatic carbocycles. The normalized spacial score (nSPS) is 19.4. The fourth-order valence-corrected chi connectivity index (χ4v) is 3.23. The van der Waals surface area contributed by atoms with E-state index in [1.807, 2.05) is 0 Å². The number of nitrogens with one attached hydrogen (secondary N) is 1. The fraction of sp³-hybridized carbons (Fsp3) is 0.538. The molecule has 1 N–H and O–H groups in total. The number of ether oxygens (including phenoxy) is 2. The lowest BCUT2D eigenvalue weighted by molar-refractivity contribution is 0.347. The van der Waals surface area contributed by atoms with Gasteiger partial charge in [-0.1, -0.05) is 0 Å². The average molecular weight is 300 g/mol. The number of methoxy groups -OCH3 is 2. The van der Waals surface area contributed by atoms with Gasteiger partial charge in [-0.15, -0.1) is 0 Å². The van der Waals surface area contributed by atoms with Crippen molar-refractivity contribution in [2.45, 2.75) is 19.3 Å². The van der Waals surface area contributed by atoms with Crippen molar-refractivity contribution < 1.29 is 9.47 Å². The van der Waals surface area contributed by atoms with E-state index in [4.69, 9.17) is 9.47 Å². The number of aryl methyl sites for hydroxylation is 1. The molecule has 94 valence electrons. The molecule has 1 atom stereocenters. The second-order valence-corrected chi connectivity index (χ2v) is 5.20. The van der Waals surface area contributed by atoms with Gasteiger partial charge in [0.1, 0.15) is 0 Å². The van der Waals surface area contributed by atoms with Crippen LogP contribution in [0, 0.1) is 6.92 Å². The molecule has 4 heteroatoms. The van der Waals surface area contributed by atoms with Crippen LogP contribution in [0.3, 0.4) is 0 Å². The average Bonchev–Trinajstić information content (AvgIpc) is 2.81. The second-order valence-electron chi connectivity index (χ2n) is 4.35. The van der Waals surface area contributed by atoms with Crippen molar-refractivity contribution in [2.24, 2.45) is 0 Å². The predicted octanol–water partition coefficient (Wildman–Crippen LogP) is 2.85. The van der Waals surface area contributed by atoms with Crippen LogP contribution in [-0.2, 0) is 0 Å². The molecule has 0 spiro atoms. The molecule has 0 aromatic heterocycles. The Morgan fingerprint density at radius 1 is 1.29 bits per heavy atom. The van der Waals surface area contributed by atoms with Gasteiger partial charge >= 0.3 is 0 Å². The summed E-state index contributed by atoms with van der Waals surface area (Å²) in [6.45, 7) is 4.22. The third-order valence-corrected chi connectivity index (χ3v) is 3.90. The smallest absolute Gasteiger partial charge is 0.175 e. The van der Waals surface area contributed by atoms with E-state index in [0.29, 0.717) is 5.92 Å². The summed E-state index contributed by atoms with van der Waals surface area (Å²) in [5, 5.41) is 3.39. The number of hydrogen-bond acceptors (Lipinski definition) is 3. The molecule has 0 aliphatic carbocycles. The third kappa shape index (κ3) is 2.29. The molecule has 0 saturated carbocycles. The van der Waals surface area contributed by atoms with Crippen molar-refractivity contribution in [3.63, 3.8) is 0 Å². The molecule has 0 radical (unpaired) electrons. The molecule has 2 rings (SSSR count). The van der Waals surface area contributed by atoms with E-state index in [9.17, 15) is 0 Å². The van der Waals surface area contributed by atoms with E-state index in [1.54, 1.807) is 14.2 Å². The minimum Gasteiger partial charge on any atom is -0.493 e. The van der Waals surface area contributed by atoms with Gasteiger partial charge in [-0.05, 0) is 47.4 Å². The summed E-state index contributed by atoms with van der Waals surface area (Å²) in [6.07, 6.45) is 1.15. The molecule has 1 unspecified atom stereocenters. The third-order valence-electron chi connectivity index (χ3n) is 3.31. The molecule has 1 aromatic rings. The summed E-state index contributed by atoms with van der Waals surface area (Å²) in [4.78, 5) is 0. The van der Waals surface area contributed by atoms with E-state index in [2.05, 4.69) is 34.2 Å². The van der Waals surface area contributed by atoms with Gasteiger partial charge in [0.2, 0.25) is 0 Å². The van der Waals surface area contributed by atoms with Gasteiger partial charge in [-0.2, -0.15) is 0 Å². The molecule has 0 amide bonds. The maximum atomic E-state index is 5.56. The number of rotatable bonds is 3. The van der Waals surface area contributed by atoms with Crippen LogP contribution in [-0.4, -0.2) is 27.3 Å². The first-order valence-electron chi connectivity index (χ1n) is 5.80. The first-order chi connectivity index (χ1) is 8.19. The summed E-state index contributed by atoms with van der Waals surface area (Å²) in [5.74, 6) is 2.18. The lowest BCUT2D eigenvalue weighted by atomic mass is 9.92. The van der Waals surface area contributed by atoms with E-state index >= 15 is 0 Å². The van der Waals surface area contributed by atoms with Crippen LogP contribution in [0.15, 0.2) is 10.5 Å². The SMILES string of the molecule is COc1c(Br)cc(C)c(C2CCNC2)c1OC. The number of hydrogen-bond donors (Lipinski definition) is 1. The lowest BCUT2D eigenvalue weighted by Gasteiger charge is -2.20. The van der Waals surface area contributed by atoms with Gasteiger partial charge in [0.25, 0.3) is 0 Å². The molecule has 0 bridgehead atoms. The Bertz CT molecular complexity index is 414. The van der Waals surface area contributed by atoms with Crippen molar-refractivity contribution in [3.8, 4) is 11.5 Å². The zero-order valence-corrected chi connectivity index (χ0v) is 12.1. The van der Waals surface area contributed by atoms with Crippen LogP contribution in [0.1, 0.15) is 23.5 Å². The summed E-state index contributed by atoms with van der Waals surface area (Å²) in [7, 11) is 3.38. The monoisotopic (exact) mass is 299 g/mol. The molecule has 1 aliphatic heterocycles.